The van der Waals surface area contributed by atoms with Crippen molar-refractivity contribution in [1.82, 2.24) is 10.2 Å². The largest absolute Gasteiger partial charge is 0.368 e. The van der Waals surface area contributed by atoms with Gasteiger partial charge in [-0.15, -0.1) is 0 Å². The Morgan fingerprint density at radius 1 is 1.19 bits per heavy atom. The summed E-state index contributed by atoms with van der Waals surface area (Å²) in [6.45, 7) is 7.91. The average molecular weight is 295 g/mol. The second-order valence-electron chi connectivity index (χ2n) is 6.97. The highest BCUT2D eigenvalue weighted by Crippen LogP contribution is 2.40. The van der Waals surface area contributed by atoms with Gasteiger partial charge in [0.15, 0.2) is 0 Å². The number of carbonyl (C=O) groups is 1. The van der Waals surface area contributed by atoms with E-state index in [-0.39, 0.29) is 5.91 Å². The fraction of sp³-hybridized carbons (Fsp3) is 0.941. The van der Waals surface area contributed by atoms with Crippen molar-refractivity contribution in [2.45, 2.75) is 76.8 Å². The number of carbonyl (C=O) groups excluding carboxylic acids is 1. The molecule has 0 aromatic rings. The Morgan fingerprint density at radius 3 is 2.38 bits per heavy atom. The van der Waals surface area contributed by atoms with E-state index in [1.54, 1.807) is 0 Å². The number of hydrogen-bond donors (Lipinski definition) is 2. The van der Waals surface area contributed by atoms with E-state index in [9.17, 15) is 4.79 Å². The van der Waals surface area contributed by atoms with E-state index >= 15 is 0 Å². The molecule has 0 aromatic carbocycles. The molecule has 2 saturated carbocycles. The van der Waals surface area contributed by atoms with Crippen LogP contribution >= 0.6 is 0 Å². The highest BCUT2D eigenvalue weighted by atomic mass is 16.1. The quantitative estimate of drug-likeness (QED) is 0.650. The van der Waals surface area contributed by atoms with Crippen LogP contribution in [0.15, 0.2) is 0 Å². The Kier molecular flexibility index (Phi) is 6.06. The fourth-order valence-electron chi connectivity index (χ4n) is 3.95. The van der Waals surface area contributed by atoms with E-state index < -0.39 is 5.54 Å². The van der Waals surface area contributed by atoms with Crippen molar-refractivity contribution in [2.75, 3.05) is 19.6 Å². The second-order valence-corrected chi connectivity index (χ2v) is 6.97. The Hall–Kier alpha value is -0.610. The third-order valence-corrected chi connectivity index (χ3v) is 5.17. The molecule has 4 nitrogen and oxygen atoms in total. The molecular weight excluding hydrogens is 262 g/mol. The molecule has 2 atom stereocenters. The van der Waals surface area contributed by atoms with Crippen LogP contribution in [-0.2, 0) is 4.79 Å². The van der Waals surface area contributed by atoms with Gasteiger partial charge in [0, 0.05) is 6.04 Å². The fourth-order valence-corrected chi connectivity index (χ4v) is 3.95. The van der Waals surface area contributed by atoms with Gasteiger partial charge in [-0.1, -0.05) is 20.3 Å². The summed E-state index contributed by atoms with van der Waals surface area (Å²) in [4.78, 5) is 14.7. The molecule has 2 aliphatic rings. The van der Waals surface area contributed by atoms with Crippen molar-refractivity contribution >= 4 is 5.91 Å². The summed E-state index contributed by atoms with van der Waals surface area (Å²) in [6, 6.07) is 0.542. The Balaban J connectivity index is 1.94. The van der Waals surface area contributed by atoms with Crippen molar-refractivity contribution in [3.63, 3.8) is 0 Å². The van der Waals surface area contributed by atoms with Gasteiger partial charge in [0.25, 0.3) is 0 Å². The van der Waals surface area contributed by atoms with E-state index in [0.717, 1.165) is 32.2 Å². The first-order valence-electron chi connectivity index (χ1n) is 8.92. The van der Waals surface area contributed by atoms with Crippen molar-refractivity contribution in [2.24, 2.45) is 11.7 Å². The van der Waals surface area contributed by atoms with Crippen molar-refractivity contribution in [3.05, 3.63) is 0 Å². The average Bonchev–Trinajstić information content (AvgIpc) is 3.15. The molecule has 0 aromatic heterocycles. The first-order chi connectivity index (χ1) is 10.1. The van der Waals surface area contributed by atoms with E-state index in [1.807, 2.05) is 0 Å². The summed E-state index contributed by atoms with van der Waals surface area (Å²) in [7, 11) is 0. The van der Waals surface area contributed by atoms with Gasteiger partial charge in [-0.05, 0) is 70.5 Å². The molecule has 122 valence electrons. The van der Waals surface area contributed by atoms with Crippen LogP contribution in [0.1, 0.15) is 65.2 Å². The van der Waals surface area contributed by atoms with Crippen LogP contribution in [-0.4, -0.2) is 42.0 Å². The van der Waals surface area contributed by atoms with Gasteiger partial charge in [0.2, 0.25) is 5.91 Å². The summed E-state index contributed by atoms with van der Waals surface area (Å²) in [6.07, 6.45) is 9.13. The summed E-state index contributed by atoms with van der Waals surface area (Å²) in [5.41, 5.74) is 5.40. The van der Waals surface area contributed by atoms with Crippen LogP contribution in [0, 0.1) is 5.92 Å². The molecule has 1 amide bonds. The zero-order valence-electron chi connectivity index (χ0n) is 13.9. The number of rotatable bonds is 10. The lowest BCUT2D eigenvalue weighted by Gasteiger charge is -2.35. The first kappa shape index (κ1) is 16.8. The minimum atomic E-state index is -0.411. The molecule has 0 spiro atoms. The maximum absolute atomic E-state index is 12.1. The smallest absolute Gasteiger partial charge is 0.238 e. The summed E-state index contributed by atoms with van der Waals surface area (Å²) < 4.78 is 0. The van der Waals surface area contributed by atoms with Crippen LogP contribution < -0.4 is 11.1 Å². The number of nitrogens with one attached hydrogen (secondary N) is 1. The molecule has 3 N–H and O–H groups in total. The maximum atomic E-state index is 12.1. The van der Waals surface area contributed by atoms with Gasteiger partial charge in [-0.3, -0.25) is 4.79 Å². The lowest BCUT2D eigenvalue weighted by Crippen LogP contribution is -2.59. The summed E-state index contributed by atoms with van der Waals surface area (Å²) >= 11 is 0. The van der Waals surface area contributed by atoms with Crippen LogP contribution in [0.5, 0.6) is 0 Å². The second kappa shape index (κ2) is 7.59. The maximum Gasteiger partial charge on any atom is 0.238 e. The lowest BCUT2D eigenvalue weighted by atomic mass is 9.83. The molecule has 4 heteroatoms. The standard InChI is InChI=1S/C17H33N3O/c1-3-11-20(12-4-2)13-9-14-6-5-10-17(14,16(18)21)19-15-7-8-15/h14-15,19H,3-13H2,1-2H3,(H2,18,21). The lowest BCUT2D eigenvalue weighted by molar-refractivity contribution is -0.126. The molecule has 2 aliphatic carbocycles. The first-order valence-corrected chi connectivity index (χ1v) is 8.92. The van der Waals surface area contributed by atoms with E-state index in [0.29, 0.717) is 12.0 Å². The molecule has 2 rings (SSSR count). The van der Waals surface area contributed by atoms with Crippen LogP contribution in [0.4, 0.5) is 0 Å². The summed E-state index contributed by atoms with van der Waals surface area (Å²) in [5.74, 6) is 0.307. The molecule has 0 bridgehead atoms. The molecular formula is C17H33N3O. The molecule has 0 saturated heterocycles. The van der Waals surface area contributed by atoms with Gasteiger partial charge < -0.3 is 16.0 Å². The monoisotopic (exact) mass is 295 g/mol. The predicted octanol–water partition coefficient (Wildman–Crippen LogP) is 2.27. The topological polar surface area (TPSA) is 58.4 Å². The van der Waals surface area contributed by atoms with E-state index in [1.165, 1.54) is 38.8 Å². The third-order valence-electron chi connectivity index (χ3n) is 5.17. The predicted molar refractivity (Wildman–Crippen MR) is 87.1 cm³/mol. The molecule has 0 heterocycles. The highest BCUT2D eigenvalue weighted by Gasteiger charge is 2.49. The number of amides is 1. The minimum absolute atomic E-state index is 0.116. The minimum Gasteiger partial charge on any atom is -0.368 e. The van der Waals surface area contributed by atoms with Gasteiger partial charge >= 0.3 is 0 Å². The Morgan fingerprint density at radius 2 is 1.86 bits per heavy atom. The Labute approximate surface area is 129 Å². The SMILES string of the molecule is CCCN(CCC)CCC1CCCC1(NC1CC1)C(N)=O. The van der Waals surface area contributed by atoms with Crippen molar-refractivity contribution in [3.8, 4) is 0 Å². The van der Waals surface area contributed by atoms with E-state index in [2.05, 4.69) is 24.1 Å². The molecule has 21 heavy (non-hydrogen) atoms. The van der Waals surface area contributed by atoms with E-state index in [4.69, 9.17) is 5.73 Å². The number of primary amides is 1. The number of nitrogens with zero attached hydrogens (tertiary/aromatic N) is 1. The van der Waals surface area contributed by atoms with Crippen LogP contribution in [0.3, 0.4) is 0 Å². The van der Waals surface area contributed by atoms with Crippen molar-refractivity contribution < 1.29 is 4.79 Å². The van der Waals surface area contributed by atoms with Crippen LogP contribution in [0.25, 0.3) is 0 Å². The zero-order valence-corrected chi connectivity index (χ0v) is 13.9. The van der Waals surface area contributed by atoms with Gasteiger partial charge in [0.1, 0.15) is 5.54 Å². The van der Waals surface area contributed by atoms with Crippen LogP contribution in [0.2, 0.25) is 0 Å². The zero-order chi connectivity index (χ0) is 15.3. The Bertz CT molecular complexity index is 337. The number of nitrogens with two attached hydrogens (primary N) is 1. The molecule has 0 aliphatic heterocycles. The highest BCUT2D eigenvalue weighted by molar-refractivity contribution is 5.85. The third kappa shape index (κ3) is 4.19. The van der Waals surface area contributed by atoms with Crippen molar-refractivity contribution in [1.29, 1.82) is 0 Å². The molecule has 0 radical (unpaired) electrons. The van der Waals surface area contributed by atoms with Gasteiger partial charge in [-0.25, -0.2) is 0 Å². The number of hydrogen-bond acceptors (Lipinski definition) is 3. The van der Waals surface area contributed by atoms with Gasteiger partial charge in [0.05, 0.1) is 0 Å². The molecule has 2 fully saturated rings. The normalized spacial score (nSPS) is 29.2. The summed E-state index contributed by atoms with van der Waals surface area (Å²) in [5, 5.41) is 3.61. The van der Waals surface area contributed by atoms with Gasteiger partial charge in [-0.2, -0.15) is 0 Å². The molecule has 2 unspecified atom stereocenters.